The molecule has 8 aliphatic rings. The summed E-state index contributed by atoms with van der Waals surface area (Å²) < 4.78 is 93.0. The van der Waals surface area contributed by atoms with Gasteiger partial charge in [0.05, 0.1) is 55.0 Å². The Morgan fingerprint density at radius 3 is 1.24 bits per heavy atom. The zero-order valence-corrected chi connectivity index (χ0v) is 85.5. The highest BCUT2D eigenvalue weighted by atomic mass is 35.7. The number of halogens is 3. The minimum absolute atomic E-state index is 0. The van der Waals surface area contributed by atoms with E-state index < -0.39 is 20.6 Å². The molecular weight excluding hydrogens is 1900 g/mol. The van der Waals surface area contributed by atoms with E-state index in [9.17, 15) is 4.79 Å². The molecule has 142 heavy (non-hydrogen) atoms. The average molecular weight is 2010 g/mol. The standard InChI is InChI=1S/2C20H19N3O.C20H18N2O2.C17H19N3.C16H18N3S.C15H15N3.ClHO4.2ClH.H2O4S/c2*1-3-23(4-2)13-9-10-17-18(11-13)24-19-12-16(21)14-7-5-6-8-15(14)20(19)22-17;1-3-22(4-2)13-9-10-16-18(11-13)24-19-12-17(23)14-7-5-6-8-15(14)20(19)21-16;1-19(2)14-7-5-12-9-13-6-8-15(20(3)4)11-17(13)18-16(12)10-14;1-18(2)11-5-7-13-15(9-11)20-16-10-12(19(3)4)6-8-14(16)17-13;1-8-3-10-5-11-4-9(2)13(17)7-15(11)18-14(10)6-12(8)16;2-1(3,4)5;;;1-5(2,3)4/h2*5-12,21H,3-4H2,1-2H3;5-12H,3-4H2,1-2H3;5-11H,1-4H3;5-10H,1-4H3;3-7H,16-17H2,1-2H3;(H,2,3,4,5);2*1H;(H2,1,2,3,4)/q;;;;+1;;;;;/p-1. The molecular formula is C108H112Cl3N17O12S2. The van der Waals surface area contributed by atoms with E-state index in [0.717, 1.165) is 205 Å². The fraction of sp³-hybridized carbons (Fsp3) is 0.204. The normalized spacial score (nSPS) is 11.1. The summed E-state index contributed by atoms with van der Waals surface area (Å²) in [5, 5.41) is 13.6. The van der Waals surface area contributed by atoms with Gasteiger partial charge in [-0.15, -0.1) is 34.0 Å². The highest BCUT2D eigenvalue weighted by molar-refractivity contribution is 7.79. The highest BCUT2D eigenvalue weighted by Gasteiger charge is 2.21. The van der Waals surface area contributed by atoms with Gasteiger partial charge < -0.3 is 72.7 Å². The van der Waals surface area contributed by atoms with Gasteiger partial charge >= 0.3 is 0 Å². The molecule has 0 saturated carbocycles. The van der Waals surface area contributed by atoms with Crippen molar-refractivity contribution in [2.24, 2.45) is 0 Å². The van der Waals surface area contributed by atoms with E-state index >= 15 is 0 Å². The van der Waals surface area contributed by atoms with Crippen LogP contribution in [-0.4, -0.2) is 143 Å². The van der Waals surface area contributed by atoms with Gasteiger partial charge in [-0.2, -0.15) is 0 Å². The van der Waals surface area contributed by atoms with Gasteiger partial charge in [0.15, 0.2) is 39.5 Å². The number of aryl methyl sites for hydroxylation is 2. The first-order valence-corrected chi connectivity index (χ1v) is 48.8. The molecule has 29 nitrogen and oxygen atoms in total. The number of anilines is 8. The Morgan fingerprint density at radius 1 is 0.394 bits per heavy atom. The Balaban J connectivity index is 0.000000149. The third kappa shape index (κ3) is 25.2. The zero-order chi connectivity index (χ0) is 100. The summed E-state index contributed by atoms with van der Waals surface area (Å²) >= 11 is 1.80. The number of rotatable bonds is 10. The third-order valence-electron chi connectivity index (χ3n) is 23.9. The van der Waals surface area contributed by atoms with Crippen LogP contribution in [-0.2, 0) is 10.4 Å². The van der Waals surface area contributed by atoms with E-state index in [1.807, 2.05) is 163 Å². The number of hydrogen-bond donors (Lipinski definition) is 5. The van der Waals surface area contributed by atoms with Crippen molar-refractivity contribution in [3.05, 3.63) is 292 Å². The maximum atomic E-state index is 12.3. The van der Waals surface area contributed by atoms with Gasteiger partial charge in [0.25, 0.3) is 0 Å². The molecule has 34 heteroatoms. The van der Waals surface area contributed by atoms with E-state index in [1.54, 1.807) is 11.3 Å². The average Bonchev–Trinajstić information content (AvgIpc) is 0.762. The van der Waals surface area contributed by atoms with Crippen LogP contribution in [0, 0.1) is 24.1 Å². The van der Waals surface area contributed by atoms with Gasteiger partial charge in [0.1, 0.15) is 73.9 Å². The largest absolute Gasteiger partial charge is 1.00 e. The van der Waals surface area contributed by atoms with Gasteiger partial charge in [-0.1, -0.05) is 84.9 Å². The second-order valence-electron chi connectivity index (χ2n) is 34.0. The lowest BCUT2D eigenvalue weighted by Crippen LogP contribution is -3.00. The molecule has 0 saturated heterocycles. The van der Waals surface area contributed by atoms with Crippen molar-refractivity contribution in [1.82, 2.24) is 43.6 Å². The van der Waals surface area contributed by atoms with Gasteiger partial charge in [0, 0.05) is 203 Å². The quantitative estimate of drug-likeness (QED) is 0.0212. The molecule has 21 rings (SSSR count). The summed E-state index contributed by atoms with van der Waals surface area (Å²) in [6.45, 7) is 22.6. The first-order valence-electron chi connectivity index (χ1n) is 45.4. The summed E-state index contributed by atoms with van der Waals surface area (Å²) in [4.78, 5) is 50.7. The first-order chi connectivity index (χ1) is 66.7. The summed E-state index contributed by atoms with van der Waals surface area (Å²) in [6.07, 6.45) is 0. The molecule has 0 fully saturated rings. The SMILES string of the molecule is CCN(CC)c1ccc2nc3c4ccccc4c(=O)cc-3oc2c1.CC[N+](CC)=c1ccc2nc3c(cc(N)c4ccccc43)oc-2c1.CC[N+](CC)=c1ccc2nc3c(cc(N)c4ccccc43)oc-2c1.CN(C)c1ccc2cc3ccc(N(C)C)cc3nc2c1.CN(C)c1ccc2nc3ccc(=[N+](C)C)cc-3sc2c1.Cc1cc2cc3cc(C)c(N)cc3nc2cc1N.Cl.O=S(=O)([O-])O.[Cl-].[O-][Cl+3]([O-])([O-])[O-]. The van der Waals surface area contributed by atoms with Gasteiger partial charge in [-0.05, 0) is 176 Å². The maximum Gasteiger partial charge on any atom is 0.215 e. The van der Waals surface area contributed by atoms with Crippen LogP contribution in [0.2, 0.25) is 0 Å². The molecule has 9 N–H and O–H groups in total. The molecule has 6 heterocycles. The molecule has 0 atom stereocenters. The molecule has 734 valence electrons. The molecule has 11 aromatic carbocycles. The van der Waals surface area contributed by atoms with Crippen LogP contribution in [0.15, 0.2) is 273 Å². The lowest BCUT2D eigenvalue weighted by molar-refractivity contribution is -2.00. The van der Waals surface area contributed by atoms with Crippen LogP contribution in [0.5, 0.6) is 0 Å². The molecule has 2 aromatic heterocycles. The third-order valence-corrected chi connectivity index (χ3v) is 25.0. The van der Waals surface area contributed by atoms with E-state index in [2.05, 4.69) is 235 Å². The lowest BCUT2D eigenvalue weighted by atomic mass is 10.0. The fourth-order valence-electron chi connectivity index (χ4n) is 16.4. The smallest absolute Gasteiger partial charge is 0.215 e. The molecule has 0 amide bonds. The number of pyridine rings is 2. The zero-order valence-electron chi connectivity index (χ0n) is 81.5. The number of nitrogens with zero attached hydrogens (tertiary/aromatic N) is 13. The second-order valence-corrected chi connectivity index (χ2v) is 36.7. The number of fused-ring (bicyclic) bond motifs is 18. The van der Waals surface area contributed by atoms with E-state index in [4.69, 9.17) is 97.3 Å². The Bertz CT molecular complexity index is 8110. The van der Waals surface area contributed by atoms with Gasteiger partial charge in [-0.25, -0.2) is 70.7 Å². The summed E-state index contributed by atoms with van der Waals surface area (Å²) in [5.74, 6) is 2.09. The van der Waals surface area contributed by atoms with E-state index in [-0.39, 0.29) is 30.2 Å². The number of aromatic nitrogens is 6. The van der Waals surface area contributed by atoms with Crippen LogP contribution < -0.4 is 109 Å². The Labute approximate surface area is 839 Å². The summed E-state index contributed by atoms with van der Waals surface area (Å²) in [6, 6.07) is 85.2. The number of nitrogen functional groups attached to an aromatic ring is 4. The van der Waals surface area contributed by atoms with Crippen LogP contribution in [0.1, 0.15) is 52.7 Å². The Hall–Kier alpha value is -14.6. The molecule has 0 unspecified atom stereocenters. The molecule has 0 spiro atoms. The van der Waals surface area contributed by atoms with Crippen molar-refractivity contribution in [3.63, 3.8) is 0 Å². The topological polar surface area (TPSA) is 430 Å². The number of hydrogen-bond acceptors (Lipinski definition) is 26. The highest BCUT2D eigenvalue weighted by Crippen LogP contribution is 2.39. The Kier molecular flexibility index (Phi) is 34.3. The molecule has 4 aliphatic carbocycles. The molecule has 13 aromatic rings. The monoisotopic (exact) mass is 2010 g/mol. The van der Waals surface area contributed by atoms with Crippen LogP contribution in [0.25, 0.3) is 164 Å². The van der Waals surface area contributed by atoms with Gasteiger partial charge in [0.2, 0.25) is 26.5 Å². The van der Waals surface area contributed by atoms with Crippen LogP contribution in [0.4, 0.5) is 45.5 Å². The van der Waals surface area contributed by atoms with Crippen LogP contribution >= 0.6 is 23.7 Å². The molecule has 4 aliphatic heterocycles. The summed E-state index contributed by atoms with van der Waals surface area (Å²) in [5.41, 5.74) is 47.1. The Morgan fingerprint density at radius 2 is 0.789 bits per heavy atom. The van der Waals surface area contributed by atoms with Gasteiger partial charge in [-0.3, -0.25) is 9.35 Å². The van der Waals surface area contributed by atoms with E-state index in [1.165, 1.54) is 48.8 Å². The van der Waals surface area contributed by atoms with Crippen molar-refractivity contribution >= 4 is 199 Å². The van der Waals surface area contributed by atoms with Crippen molar-refractivity contribution in [2.45, 2.75) is 55.4 Å². The molecule has 0 bridgehead atoms. The second kappa shape index (κ2) is 45.8. The van der Waals surface area contributed by atoms with Crippen LogP contribution in [0.3, 0.4) is 0 Å². The van der Waals surface area contributed by atoms with Crippen molar-refractivity contribution in [2.75, 3.05) is 138 Å². The number of benzene rings is 15. The predicted octanol–water partition coefficient (Wildman–Crippen LogP) is 12.1. The van der Waals surface area contributed by atoms with E-state index in [0.29, 0.717) is 28.1 Å². The fourth-order valence-corrected chi connectivity index (χ4v) is 17.4. The van der Waals surface area contributed by atoms with Crippen molar-refractivity contribution in [1.29, 1.82) is 0 Å². The van der Waals surface area contributed by atoms with Crippen molar-refractivity contribution in [3.8, 4) is 44.9 Å². The number of nitrogens with two attached hydrogens (primary N) is 4. The minimum atomic E-state index is -4.94. The summed E-state index contributed by atoms with van der Waals surface area (Å²) in [7, 11) is 6.57. The van der Waals surface area contributed by atoms with Crippen molar-refractivity contribution < 1.29 is 72.1 Å². The maximum absolute atomic E-state index is 12.3. The lowest BCUT2D eigenvalue weighted by Gasteiger charge is -2.21. The first kappa shape index (κ1) is 106. The minimum Gasteiger partial charge on any atom is -1.00 e. The predicted molar refractivity (Wildman–Crippen MR) is 568 cm³/mol. The molecule has 0 radical (unpaired) electrons.